The number of aryl methyl sites for hydroxylation is 2. The first-order chi connectivity index (χ1) is 9.19. The van der Waals surface area contributed by atoms with Gasteiger partial charge in [-0.15, -0.1) is 0 Å². The van der Waals surface area contributed by atoms with Crippen molar-refractivity contribution in [2.45, 2.75) is 40.2 Å². The van der Waals surface area contributed by atoms with Gasteiger partial charge in [0, 0.05) is 5.69 Å². The fraction of sp³-hybridized carbons (Fsp3) is 0.375. The third-order valence-electron chi connectivity index (χ3n) is 3.38. The van der Waals surface area contributed by atoms with E-state index in [4.69, 9.17) is 0 Å². The number of carbonyl (C=O) groups excluding carboxylic acids is 1. The Morgan fingerprint density at radius 1 is 1.26 bits per heavy atom. The number of carbonyl (C=O) groups is 1. The zero-order valence-electron chi connectivity index (χ0n) is 11.8. The Kier molecular flexibility index (Phi) is 4.15. The Hall–Kier alpha value is -1.90. The Bertz CT molecular complexity index is 584. The summed E-state index contributed by atoms with van der Waals surface area (Å²) in [7, 11) is 0. The lowest BCUT2D eigenvalue weighted by atomic mass is 10.1. The zero-order chi connectivity index (χ0) is 13.8. The van der Waals surface area contributed by atoms with Crippen molar-refractivity contribution >= 4 is 6.29 Å². The lowest BCUT2D eigenvalue weighted by Crippen LogP contribution is -2.06. The van der Waals surface area contributed by atoms with Gasteiger partial charge in [0.2, 0.25) is 0 Å². The van der Waals surface area contributed by atoms with Crippen LogP contribution in [-0.4, -0.2) is 16.1 Å². The van der Waals surface area contributed by atoms with Crippen LogP contribution in [0.3, 0.4) is 0 Å². The van der Waals surface area contributed by atoms with Crippen LogP contribution in [0.4, 0.5) is 0 Å². The first-order valence-corrected chi connectivity index (χ1v) is 6.78. The number of benzene rings is 1. The average molecular weight is 256 g/mol. The molecule has 0 bridgehead atoms. The molecule has 19 heavy (non-hydrogen) atoms. The molecule has 0 amide bonds. The van der Waals surface area contributed by atoms with Gasteiger partial charge in [-0.3, -0.25) is 9.48 Å². The topological polar surface area (TPSA) is 34.9 Å². The number of aldehydes is 1. The van der Waals surface area contributed by atoms with Crippen LogP contribution in [0.2, 0.25) is 0 Å². The van der Waals surface area contributed by atoms with E-state index in [9.17, 15) is 4.79 Å². The van der Waals surface area contributed by atoms with Crippen LogP contribution in [0.25, 0.3) is 0 Å². The summed E-state index contributed by atoms with van der Waals surface area (Å²) in [6.45, 7) is 6.91. The predicted molar refractivity (Wildman–Crippen MR) is 76.7 cm³/mol. The van der Waals surface area contributed by atoms with Gasteiger partial charge in [-0.25, -0.2) is 0 Å². The Balaban J connectivity index is 2.39. The Morgan fingerprint density at radius 3 is 2.63 bits per heavy atom. The summed E-state index contributed by atoms with van der Waals surface area (Å²) in [5.74, 6) is 0. The van der Waals surface area contributed by atoms with E-state index in [-0.39, 0.29) is 0 Å². The van der Waals surface area contributed by atoms with Crippen LogP contribution in [0.1, 0.15) is 46.7 Å². The van der Waals surface area contributed by atoms with E-state index in [1.165, 1.54) is 11.1 Å². The van der Waals surface area contributed by atoms with Gasteiger partial charge >= 0.3 is 0 Å². The lowest BCUT2D eigenvalue weighted by Gasteiger charge is -2.07. The highest BCUT2D eigenvalue weighted by atomic mass is 16.1. The minimum Gasteiger partial charge on any atom is -0.298 e. The molecule has 1 aromatic heterocycles. The SMILES string of the molecule is CCc1nn(Cc2cccc(C)c2)c(CC)c1C=O. The van der Waals surface area contributed by atoms with Crippen molar-refractivity contribution in [2.75, 3.05) is 0 Å². The maximum absolute atomic E-state index is 11.2. The summed E-state index contributed by atoms with van der Waals surface area (Å²) in [6, 6.07) is 8.40. The second-order valence-electron chi connectivity index (χ2n) is 4.78. The van der Waals surface area contributed by atoms with Crippen molar-refractivity contribution < 1.29 is 4.79 Å². The molecule has 0 atom stereocenters. The predicted octanol–water partition coefficient (Wildman–Crippen LogP) is 3.18. The maximum atomic E-state index is 11.2. The van der Waals surface area contributed by atoms with Gasteiger partial charge in [-0.2, -0.15) is 5.10 Å². The van der Waals surface area contributed by atoms with Gasteiger partial charge in [-0.1, -0.05) is 43.7 Å². The highest BCUT2D eigenvalue weighted by Crippen LogP contribution is 2.16. The van der Waals surface area contributed by atoms with E-state index in [1.54, 1.807) is 0 Å². The zero-order valence-corrected chi connectivity index (χ0v) is 11.8. The third-order valence-corrected chi connectivity index (χ3v) is 3.38. The standard InChI is InChI=1S/C16H20N2O/c1-4-15-14(11-19)16(5-2)18(17-15)10-13-8-6-7-12(3)9-13/h6-9,11H,4-5,10H2,1-3H3. The van der Waals surface area contributed by atoms with Crippen molar-refractivity contribution in [1.82, 2.24) is 9.78 Å². The monoisotopic (exact) mass is 256 g/mol. The molecule has 0 N–H and O–H groups in total. The van der Waals surface area contributed by atoms with Gasteiger partial charge in [0.1, 0.15) is 0 Å². The first kappa shape index (κ1) is 13.5. The molecule has 0 radical (unpaired) electrons. The van der Waals surface area contributed by atoms with Gasteiger partial charge < -0.3 is 0 Å². The van der Waals surface area contributed by atoms with Crippen molar-refractivity contribution in [1.29, 1.82) is 0 Å². The van der Waals surface area contributed by atoms with Crippen LogP contribution < -0.4 is 0 Å². The van der Waals surface area contributed by atoms with Crippen LogP contribution in [0.5, 0.6) is 0 Å². The van der Waals surface area contributed by atoms with Crippen molar-refractivity contribution in [2.24, 2.45) is 0 Å². The van der Waals surface area contributed by atoms with E-state index >= 15 is 0 Å². The third kappa shape index (κ3) is 2.75. The van der Waals surface area contributed by atoms with Gasteiger partial charge in [0.05, 0.1) is 17.8 Å². The molecule has 3 heteroatoms. The second kappa shape index (κ2) is 5.83. The van der Waals surface area contributed by atoms with E-state index in [0.717, 1.165) is 42.6 Å². The largest absolute Gasteiger partial charge is 0.298 e. The number of rotatable bonds is 5. The van der Waals surface area contributed by atoms with E-state index in [1.807, 2.05) is 11.6 Å². The molecule has 0 fully saturated rings. The molecule has 2 rings (SSSR count). The molecule has 1 aromatic carbocycles. The molecule has 3 nitrogen and oxygen atoms in total. The van der Waals surface area contributed by atoms with Crippen molar-refractivity contribution in [3.8, 4) is 0 Å². The van der Waals surface area contributed by atoms with Crippen LogP contribution in [0.15, 0.2) is 24.3 Å². The Labute approximate surface area is 114 Å². The molecule has 0 aliphatic carbocycles. The fourth-order valence-electron chi connectivity index (χ4n) is 2.45. The van der Waals surface area contributed by atoms with Crippen LogP contribution in [-0.2, 0) is 19.4 Å². The molecule has 100 valence electrons. The number of aromatic nitrogens is 2. The molecule has 2 aromatic rings. The first-order valence-electron chi connectivity index (χ1n) is 6.78. The number of hydrogen-bond donors (Lipinski definition) is 0. The summed E-state index contributed by atoms with van der Waals surface area (Å²) >= 11 is 0. The van der Waals surface area contributed by atoms with Gasteiger partial charge in [-0.05, 0) is 25.3 Å². The average Bonchev–Trinajstić information content (AvgIpc) is 2.75. The molecule has 0 unspecified atom stereocenters. The lowest BCUT2D eigenvalue weighted by molar-refractivity contribution is 0.112. The maximum Gasteiger partial charge on any atom is 0.153 e. The van der Waals surface area contributed by atoms with Gasteiger partial charge in [0.25, 0.3) is 0 Å². The highest BCUT2D eigenvalue weighted by molar-refractivity contribution is 5.78. The molecule has 0 saturated heterocycles. The molecule has 1 heterocycles. The molecule has 0 aliphatic heterocycles. The molecular formula is C16H20N2O. The minimum absolute atomic E-state index is 0.728. The molecule has 0 spiro atoms. The van der Waals surface area contributed by atoms with Crippen LogP contribution >= 0.6 is 0 Å². The van der Waals surface area contributed by atoms with E-state index in [0.29, 0.717) is 0 Å². The Morgan fingerprint density at radius 2 is 2.05 bits per heavy atom. The van der Waals surface area contributed by atoms with E-state index in [2.05, 4.69) is 43.2 Å². The fourth-order valence-corrected chi connectivity index (χ4v) is 2.45. The molecule has 0 aliphatic rings. The summed E-state index contributed by atoms with van der Waals surface area (Å²) in [5, 5.41) is 4.58. The van der Waals surface area contributed by atoms with Crippen LogP contribution in [0, 0.1) is 6.92 Å². The molecular weight excluding hydrogens is 236 g/mol. The summed E-state index contributed by atoms with van der Waals surface area (Å²) in [6.07, 6.45) is 2.56. The second-order valence-corrected chi connectivity index (χ2v) is 4.78. The number of nitrogens with zero attached hydrogens (tertiary/aromatic N) is 2. The highest BCUT2D eigenvalue weighted by Gasteiger charge is 2.14. The quantitative estimate of drug-likeness (QED) is 0.770. The van der Waals surface area contributed by atoms with E-state index < -0.39 is 0 Å². The smallest absolute Gasteiger partial charge is 0.153 e. The normalized spacial score (nSPS) is 10.7. The van der Waals surface area contributed by atoms with Crippen molar-refractivity contribution in [3.05, 3.63) is 52.3 Å². The number of hydrogen-bond acceptors (Lipinski definition) is 2. The van der Waals surface area contributed by atoms with Crippen molar-refractivity contribution in [3.63, 3.8) is 0 Å². The summed E-state index contributed by atoms with van der Waals surface area (Å²) in [4.78, 5) is 11.2. The summed E-state index contributed by atoms with van der Waals surface area (Å²) < 4.78 is 1.97. The molecule has 0 saturated carbocycles. The van der Waals surface area contributed by atoms with Gasteiger partial charge in [0.15, 0.2) is 6.29 Å². The summed E-state index contributed by atoms with van der Waals surface area (Å²) in [5.41, 5.74) is 5.18. The minimum atomic E-state index is 0.728.